The maximum absolute atomic E-state index is 11.2. The Kier molecular flexibility index (Phi) is 5.92. The number of aromatic nitrogens is 1. The molecule has 0 aliphatic rings. The molecule has 1 aromatic heterocycles. The molecule has 1 N–H and O–H groups in total. The highest BCUT2D eigenvalue weighted by atomic mass is 16.6. The van der Waals surface area contributed by atoms with Crippen molar-refractivity contribution in [3.63, 3.8) is 0 Å². The topological polar surface area (TPSA) is 80.7 Å². The molecule has 0 aliphatic carbocycles. The van der Waals surface area contributed by atoms with Gasteiger partial charge >= 0.3 is 0 Å². The van der Waals surface area contributed by atoms with Crippen molar-refractivity contribution in [2.75, 3.05) is 0 Å². The summed E-state index contributed by atoms with van der Waals surface area (Å²) < 4.78 is 2.10. The van der Waals surface area contributed by atoms with E-state index in [0.717, 1.165) is 33.8 Å². The second kappa shape index (κ2) is 9.49. The first-order valence-electron chi connectivity index (χ1n) is 11.0. The average molecular weight is 460 g/mol. The van der Waals surface area contributed by atoms with Gasteiger partial charge in [0.25, 0.3) is 5.69 Å². The van der Waals surface area contributed by atoms with Crippen LogP contribution in [-0.4, -0.2) is 20.8 Å². The first-order chi connectivity index (χ1) is 17.1. The molecule has 1 heterocycles. The molecule has 0 bridgehead atoms. The van der Waals surface area contributed by atoms with Crippen LogP contribution in [-0.2, 0) is 0 Å². The Labute approximate surface area is 202 Å². The lowest BCUT2D eigenvalue weighted by molar-refractivity contribution is -0.384. The van der Waals surface area contributed by atoms with Gasteiger partial charge in [0.15, 0.2) is 0 Å². The van der Waals surface area contributed by atoms with Crippen molar-refractivity contribution in [1.82, 2.24) is 4.57 Å². The number of nitrogens with zero attached hydrogens (tertiary/aromatic N) is 3. The number of aromatic hydroxyl groups is 1. The molecule has 5 aromatic rings. The first kappa shape index (κ1) is 21.9. The Morgan fingerprint density at radius 3 is 1.97 bits per heavy atom. The van der Waals surface area contributed by atoms with Crippen LogP contribution in [0, 0.1) is 10.1 Å². The highest BCUT2D eigenvalue weighted by Crippen LogP contribution is 2.36. The van der Waals surface area contributed by atoms with Gasteiger partial charge in [0.2, 0.25) is 0 Å². The van der Waals surface area contributed by atoms with E-state index in [2.05, 4.69) is 15.6 Å². The van der Waals surface area contributed by atoms with Crippen LogP contribution in [0.4, 0.5) is 11.4 Å². The fraction of sp³-hybridized carbons (Fsp3) is 0. The highest BCUT2D eigenvalue weighted by molar-refractivity contribution is 5.94. The van der Waals surface area contributed by atoms with Gasteiger partial charge in [-0.3, -0.25) is 15.1 Å². The molecule has 35 heavy (non-hydrogen) atoms. The number of nitro groups is 1. The number of phenolic OH excluding ortho intramolecular Hbond substituents is 1. The lowest BCUT2D eigenvalue weighted by atomic mass is 10.1. The summed E-state index contributed by atoms with van der Waals surface area (Å²) in [5, 5.41) is 20.8. The summed E-state index contributed by atoms with van der Waals surface area (Å²) in [6, 6.07) is 35.3. The number of non-ortho nitro benzene ring substituents is 1. The summed E-state index contributed by atoms with van der Waals surface area (Å²) in [4.78, 5) is 15.5. The molecule has 0 atom stereocenters. The van der Waals surface area contributed by atoms with Gasteiger partial charge in [-0.2, -0.15) is 0 Å². The fourth-order valence-corrected chi connectivity index (χ4v) is 4.02. The first-order valence-corrected chi connectivity index (χ1v) is 11.0. The van der Waals surface area contributed by atoms with E-state index in [1.807, 2.05) is 66.9 Å². The Hall–Kier alpha value is -4.97. The van der Waals surface area contributed by atoms with Crippen LogP contribution in [0.5, 0.6) is 5.75 Å². The Morgan fingerprint density at radius 1 is 0.771 bits per heavy atom. The molecule has 5 rings (SSSR count). The van der Waals surface area contributed by atoms with E-state index in [0.29, 0.717) is 5.69 Å². The molecule has 0 saturated heterocycles. The number of hydrogen-bond donors (Lipinski definition) is 1. The van der Waals surface area contributed by atoms with E-state index in [4.69, 9.17) is 0 Å². The number of rotatable bonds is 6. The van der Waals surface area contributed by atoms with Gasteiger partial charge < -0.3 is 9.67 Å². The third-order valence-corrected chi connectivity index (χ3v) is 5.67. The van der Waals surface area contributed by atoms with Gasteiger partial charge in [-0.05, 0) is 53.6 Å². The predicted octanol–water partition coefficient (Wildman–Crippen LogP) is 7.18. The molecule has 0 saturated carbocycles. The van der Waals surface area contributed by atoms with Crippen molar-refractivity contribution in [2.24, 2.45) is 4.99 Å². The quantitative estimate of drug-likeness (QED) is 0.166. The molecule has 0 fully saturated rings. The van der Waals surface area contributed by atoms with E-state index in [-0.39, 0.29) is 11.4 Å². The predicted molar refractivity (Wildman–Crippen MR) is 139 cm³/mol. The number of hydrogen-bond acceptors (Lipinski definition) is 4. The summed E-state index contributed by atoms with van der Waals surface area (Å²) in [7, 11) is 0. The zero-order valence-corrected chi connectivity index (χ0v) is 18.7. The van der Waals surface area contributed by atoms with Crippen LogP contribution in [0.1, 0.15) is 5.56 Å². The van der Waals surface area contributed by atoms with Crippen molar-refractivity contribution in [3.05, 3.63) is 131 Å². The van der Waals surface area contributed by atoms with Crippen LogP contribution in [0.3, 0.4) is 0 Å². The Bertz CT molecular complexity index is 1490. The number of nitro benzene ring substituents is 1. The number of phenols is 1. The van der Waals surface area contributed by atoms with E-state index in [1.54, 1.807) is 36.4 Å². The van der Waals surface area contributed by atoms with E-state index >= 15 is 0 Å². The molecule has 0 radical (unpaired) electrons. The van der Waals surface area contributed by atoms with Gasteiger partial charge in [-0.15, -0.1) is 0 Å². The Balaban J connectivity index is 1.75. The SMILES string of the molecule is O=[N+]([O-])c1ccc(-n2c(-c3ccccc3)cc(C=Nc3ccc(O)cc3)c2-c2ccccc2)cc1. The normalized spacial score (nSPS) is 11.1. The van der Waals surface area contributed by atoms with Gasteiger partial charge in [0.05, 0.1) is 22.0 Å². The summed E-state index contributed by atoms with van der Waals surface area (Å²) in [5.74, 6) is 0.185. The van der Waals surface area contributed by atoms with Crippen LogP contribution in [0.2, 0.25) is 0 Å². The number of benzene rings is 4. The summed E-state index contributed by atoms with van der Waals surface area (Å²) in [5.41, 5.74) is 6.29. The lowest BCUT2D eigenvalue weighted by Crippen LogP contribution is -2.01. The molecule has 4 aromatic carbocycles. The van der Waals surface area contributed by atoms with Crippen LogP contribution in [0.15, 0.2) is 120 Å². The molecule has 0 spiro atoms. The summed E-state index contributed by atoms with van der Waals surface area (Å²) >= 11 is 0. The number of aliphatic imine (C=N–C) groups is 1. The van der Waals surface area contributed by atoms with Gasteiger partial charge in [-0.25, -0.2) is 0 Å². The lowest BCUT2D eigenvalue weighted by Gasteiger charge is -2.15. The van der Waals surface area contributed by atoms with E-state index in [9.17, 15) is 15.2 Å². The summed E-state index contributed by atoms with van der Waals surface area (Å²) in [6.07, 6.45) is 1.81. The third-order valence-electron chi connectivity index (χ3n) is 5.67. The monoisotopic (exact) mass is 459 g/mol. The van der Waals surface area contributed by atoms with Gasteiger partial charge in [0, 0.05) is 29.6 Å². The molecule has 6 heteroatoms. The van der Waals surface area contributed by atoms with Crippen molar-refractivity contribution >= 4 is 17.6 Å². The van der Waals surface area contributed by atoms with Crippen LogP contribution < -0.4 is 0 Å². The smallest absolute Gasteiger partial charge is 0.269 e. The zero-order chi connectivity index (χ0) is 24.2. The fourth-order valence-electron chi connectivity index (χ4n) is 4.02. The molecule has 0 unspecified atom stereocenters. The second-order valence-corrected chi connectivity index (χ2v) is 7.95. The second-order valence-electron chi connectivity index (χ2n) is 7.95. The minimum atomic E-state index is -0.397. The highest BCUT2D eigenvalue weighted by Gasteiger charge is 2.19. The molecule has 0 aliphatic heterocycles. The summed E-state index contributed by atoms with van der Waals surface area (Å²) in [6.45, 7) is 0. The molecule has 170 valence electrons. The largest absolute Gasteiger partial charge is 0.508 e. The van der Waals surface area contributed by atoms with Crippen molar-refractivity contribution in [3.8, 4) is 34.0 Å². The standard InChI is InChI=1S/C29H21N3O3/c33-27-17-11-24(12-18-27)30-20-23-19-28(21-7-3-1-4-8-21)31(29(23)22-9-5-2-6-10-22)25-13-15-26(16-14-25)32(34)35/h1-20,33H. The molecule has 0 amide bonds. The maximum Gasteiger partial charge on any atom is 0.269 e. The average Bonchev–Trinajstić information content (AvgIpc) is 3.29. The van der Waals surface area contributed by atoms with Crippen molar-refractivity contribution < 1.29 is 10.0 Å². The van der Waals surface area contributed by atoms with Crippen LogP contribution >= 0.6 is 0 Å². The zero-order valence-electron chi connectivity index (χ0n) is 18.7. The third kappa shape index (κ3) is 4.58. The van der Waals surface area contributed by atoms with Crippen molar-refractivity contribution in [2.45, 2.75) is 0 Å². The minimum Gasteiger partial charge on any atom is -0.508 e. The van der Waals surface area contributed by atoms with Gasteiger partial charge in [-0.1, -0.05) is 60.7 Å². The minimum absolute atomic E-state index is 0.0394. The van der Waals surface area contributed by atoms with Crippen molar-refractivity contribution in [1.29, 1.82) is 0 Å². The van der Waals surface area contributed by atoms with Gasteiger partial charge in [0.1, 0.15) is 5.75 Å². The molecular formula is C29H21N3O3. The van der Waals surface area contributed by atoms with E-state index < -0.39 is 4.92 Å². The van der Waals surface area contributed by atoms with Crippen LogP contribution in [0.25, 0.3) is 28.2 Å². The Morgan fingerprint density at radius 2 is 1.37 bits per heavy atom. The maximum atomic E-state index is 11.2. The molecular weight excluding hydrogens is 438 g/mol. The van der Waals surface area contributed by atoms with E-state index in [1.165, 1.54) is 12.1 Å². The molecule has 6 nitrogen and oxygen atoms in total.